The van der Waals surface area contributed by atoms with Crippen LogP contribution in [-0.4, -0.2) is 34.8 Å². The SMILES string of the molecule is CC(C)COc1ccc(/C(O)=C2/C(=O)C(=O)N(CCc3ccc(F)cc3)C2c2cccs2)cc1. The van der Waals surface area contributed by atoms with Crippen molar-refractivity contribution in [3.8, 4) is 5.75 Å². The maximum Gasteiger partial charge on any atom is 0.295 e. The fraction of sp³-hybridized carbons (Fsp3) is 0.259. The molecule has 2 heterocycles. The molecule has 0 saturated carbocycles. The number of carbonyl (C=O) groups is 2. The first-order chi connectivity index (χ1) is 16.3. The van der Waals surface area contributed by atoms with Gasteiger partial charge in [-0.2, -0.15) is 0 Å². The number of ether oxygens (including phenoxy) is 1. The van der Waals surface area contributed by atoms with Gasteiger partial charge in [0, 0.05) is 17.0 Å². The molecule has 7 heteroatoms. The topological polar surface area (TPSA) is 66.8 Å². The molecule has 1 N–H and O–H groups in total. The number of halogens is 1. The summed E-state index contributed by atoms with van der Waals surface area (Å²) >= 11 is 1.42. The van der Waals surface area contributed by atoms with Gasteiger partial charge in [0.1, 0.15) is 17.3 Å². The van der Waals surface area contributed by atoms with Gasteiger partial charge in [-0.15, -0.1) is 11.3 Å². The van der Waals surface area contributed by atoms with E-state index in [-0.39, 0.29) is 23.7 Å². The van der Waals surface area contributed by atoms with E-state index in [1.807, 2.05) is 17.5 Å². The Hall–Kier alpha value is -3.45. The number of aliphatic hydroxyl groups is 1. The summed E-state index contributed by atoms with van der Waals surface area (Å²) in [5.74, 6) is -0.862. The minimum atomic E-state index is -0.713. The quantitative estimate of drug-likeness (QED) is 0.260. The highest BCUT2D eigenvalue weighted by atomic mass is 32.1. The molecule has 34 heavy (non-hydrogen) atoms. The molecule has 1 saturated heterocycles. The van der Waals surface area contributed by atoms with Crippen LogP contribution in [0.3, 0.4) is 0 Å². The normalized spacial score (nSPS) is 17.5. The number of carbonyl (C=O) groups excluding carboxylic acids is 2. The summed E-state index contributed by atoms with van der Waals surface area (Å²) in [5.41, 5.74) is 1.36. The Morgan fingerprint density at radius 1 is 1.09 bits per heavy atom. The van der Waals surface area contributed by atoms with Crippen LogP contribution in [0.2, 0.25) is 0 Å². The summed E-state index contributed by atoms with van der Waals surface area (Å²) in [6, 6.07) is 15.9. The predicted octanol–water partition coefficient (Wildman–Crippen LogP) is 5.59. The number of nitrogens with zero attached hydrogens (tertiary/aromatic N) is 1. The van der Waals surface area contributed by atoms with Crippen LogP contribution in [0.25, 0.3) is 5.76 Å². The summed E-state index contributed by atoms with van der Waals surface area (Å²) in [6.45, 7) is 4.94. The zero-order valence-corrected chi connectivity index (χ0v) is 19.8. The molecule has 5 nitrogen and oxygen atoms in total. The maximum atomic E-state index is 13.2. The first kappa shape index (κ1) is 23.7. The third-order valence-electron chi connectivity index (χ3n) is 5.62. The molecule has 1 atom stereocenters. The smallest absolute Gasteiger partial charge is 0.295 e. The lowest BCUT2D eigenvalue weighted by Gasteiger charge is -2.24. The number of likely N-dealkylation sites (tertiary alicyclic amines) is 1. The lowest BCUT2D eigenvalue weighted by Crippen LogP contribution is -2.31. The van der Waals surface area contributed by atoms with Crippen molar-refractivity contribution >= 4 is 28.8 Å². The minimum Gasteiger partial charge on any atom is -0.507 e. The molecule has 0 bridgehead atoms. The molecule has 1 aromatic heterocycles. The number of ketones is 1. The number of rotatable bonds is 8. The van der Waals surface area contributed by atoms with E-state index in [1.54, 1.807) is 36.4 Å². The summed E-state index contributed by atoms with van der Waals surface area (Å²) in [5, 5.41) is 13.0. The lowest BCUT2D eigenvalue weighted by molar-refractivity contribution is -0.139. The van der Waals surface area contributed by atoms with Gasteiger partial charge in [-0.1, -0.05) is 32.0 Å². The number of amides is 1. The molecule has 176 valence electrons. The van der Waals surface area contributed by atoms with Gasteiger partial charge < -0.3 is 14.7 Å². The van der Waals surface area contributed by atoms with Crippen molar-refractivity contribution in [1.29, 1.82) is 0 Å². The zero-order valence-electron chi connectivity index (χ0n) is 19.0. The molecule has 1 unspecified atom stereocenters. The van der Waals surface area contributed by atoms with Crippen molar-refractivity contribution < 1.29 is 23.8 Å². The van der Waals surface area contributed by atoms with E-state index in [4.69, 9.17) is 4.74 Å². The minimum absolute atomic E-state index is 0.0717. The monoisotopic (exact) mass is 479 g/mol. The number of Topliss-reactive ketones (excluding diaryl/α,β-unsaturated/α-hetero) is 1. The Morgan fingerprint density at radius 2 is 1.79 bits per heavy atom. The van der Waals surface area contributed by atoms with E-state index < -0.39 is 17.7 Å². The molecule has 0 aliphatic carbocycles. The molecule has 1 aliphatic rings. The van der Waals surface area contributed by atoms with Gasteiger partial charge in [0.05, 0.1) is 18.2 Å². The largest absolute Gasteiger partial charge is 0.507 e. The van der Waals surface area contributed by atoms with E-state index in [0.717, 1.165) is 10.4 Å². The molecule has 2 aromatic carbocycles. The Labute approximate surface area is 202 Å². The van der Waals surface area contributed by atoms with Crippen molar-refractivity contribution in [2.24, 2.45) is 5.92 Å². The zero-order chi connectivity index (χ0) is 24.2. The molecule has 1 amide bonds. The van der Waals surface area contributed by atoms with Crippen LogP contribution < -0.4 is 4.74 Å². The third kappa shape index (κ3) is 5.04. The molecule has 3 aromatic rings. The third-order valence-corrected chi connectivity index (χ3v) is 6.54. The maximum absolute atomic E-state index is 13.2. The lowest BCUT2D eigenvalue weighted by atomic mass is 9.99. The number of thiophene rings is 1. The highest BCUT2D eigenvalue weighted by Crippen LogP contribution is 2.41. The number of hydrogen-bond donors (Lipinski definition) is 1. The Bertz CT molecular complexity index is 1180. The van der Waals surface area contributed by atoms with Gasteiger partial charge in [-0.3, -0.25) is 9.59 Å². The van der Waals surface area contributed by atoms with Crippen molar-refractivity contribution in [2.45, 2.75) is 26.3 Å². The summed E-state index contributed by atoms with van der Waals surface area (Å²) in [4.78, 5) is 28.3. The highest BCUT2D eigenvalue weighted by molar-refractivity contribution is 7.10. The van der Waals surface area contributed by atoms with Gasteiger partial charge in [0.15, 0.2) is 0 Å². The van der Waals surface area contributed by atoms with E-state index in [1.165, 1.54) is 28.4 Å². The second-order valence-corrected chi connectivity index (χ2v) is 9.59. The van der Waals surface area contributed by atoms with Crippen molar-refractivity contribution in [3.05, 3.63) is 93.4 Å². The summed E-state index contributed by atoms with van der Waals surface area (Å²) < 4.78 is 18.9. The molecular weight excluding hydrogens is 453 g/mol. The van der Waals surface area contributed by atoms with E-state index in [0.29, 0.717) is 30.3 Å². The van der Waals surface area contributed by atoms with Crippen LogP contribution in [0.15, 0.2) is 71.6 Å². The Morgan fingerprint density at radius 3 is 2.41 bits per heavy atom. The van der Waals surface area contributed by atoms with E-state index >= 15 is 0 Å². The van der Waals surface area contributed by atoms with Crippen LogP contribution in [0, 0.1) is 11.7 Å². The van der Waals surface area contributed by atoms with Crippen LogP contribution in [0.4, 0.5) is 4.39 Å². The number of hydrogen-bond acceptors (Lipinski definition) is 5. The fourth-order valence-electron chi connectivity index (χ4n) is 3.88. The Kier molecular flexibility index (Phi) is 7.12. The fourth-order valence-corrected chi connectivity index (χ4v) is 4.73. The van der Waals surface area contributed by atoms with Crippen LogP contribution in [0.1, 0.15) is 35.9 Å². The van der Waals surface area contributed by atoms with Gasteiger partial charge in [0.2, 0.25) is 0 Å². The molecular formula is C27H26FNO4S. The molecule has 0 radical (unpaired) electrons. The average Bonchev–Trinajstić information content (AvgIpc) is 3.44. The first-order valence-corrected chi connectivity index (χ1v) is 12.0. The number of benzene rings is 2. The number of aliphatic hydroxyl groups excluding tert-OH is 1. The van der Waals surface area contributed by atoms with E-state index in [9.17, 15) is 19.1 Å². The Balaban J connectivity index is 1.65. The summed E-state index contributed by atoms with van der Waals surface area (Å²) in [7, 11) is 0. The standard InChI is InChI=1S/C27H26FNO4S/c1-17(2)16-33-21-11-7-19(8-12-21)25(30)23-24(22-4-3-15-34-22)29(27(32)26(23)31)14-13-18-5-9-20(28)10-6-18/h3-12,15,17,24,30H,13-14,16H2,1-2H3/b25-23-. The van der Waals surface area contributed by atoms with Gasteiger partial charge in [-0.05, 0) is 65.7 Å². The predicted molar refractivity (Wildman–Crippen MR) is 130 cm³/mol. The molecule has 0 spiro atoms. The first-order valence-electron chi connectivity index (χ1n) is 11.1. The molecule has 4 rings (SSSR count). The average molecular weight is 480 g/mol. The highest BCUT2D eigenvalue weighted by Gasteiger charge is 2.46. The van der Waals surface area contributed by atoms with Crippen molar-refractivity contribution in [2.75, 3.05) is 13.2 Å². The van der Waals surface area contributed by atoms with Gasteiger partial charge in [0.25, 0.3) is 11.7 Å². The van der Waals surface area contributed by atoms with Gasteiger partial charge >= 0.3 is 0 Å². The van der Waals surface area contributed by atoms with Crippen LogP contribution in [-0.2, 0) is 16.0 Å². The van der Waals surface area contributed by atoms with E-state index in [2.05, 4.69) is 13.8 Å². The summed E-state index contributed by atoms with van der Waals surface area (Å²) in [6.07, 6.45) is 0.455. The molecule has 1 fully saturated rings. The van der Waals surface area contributed by atoms with Crippen molar-refractivity contribution in [1.82, 2.24) is 4.90 Å². The second-order valence-electron chi connectivity index (χ2n) is 8.61. The van der Waals surface area contributed by atoms with Crippen LogP contribution >= 0.6 is 11.3 Å². The molecule has 1 aliphatic heterocycles. The second kappa shape index (κ2) is 10.2. The van der Waals surface area contributed by atoms with Crippen molar-refractivity contribution in [3.63, 3.8) is 0 Å². The van der Waals surface area contributed by atoms with Gasteiger partial charge in [-0.25, -0.2) is 4.39 Å². The van der Waals surface area contributed by atoms with Crippen LogP contribution in [0.5, 0.6) is 5.75 Å².